The predicted molar refractivity (Wildman–Crippen MR) is 58.6 cm³/mol. The number of ether oxygens (including phenoxy) is 1. The lowest BCUT2D eigenvalue weighted by molar-refractivity contribution is -0.275. The normalized spacial score (nSPS) is 10.9. The number of carboxylic acid groups (broad SMARTS) is 1. The van der Waals surface area contributed by atoms with E-state index in [2.05, 4.69) is 4.74 Å². The molecule has 4 nitrogen and oxygen atoms in total. The summed E-state index contributed by atoms with van der Waals surface area (Å²) in [6.45, 7) is 1.61. The van der Waals surface area contributed by atoms with E-state index in [0.29, 0.717) is 0 Å². The van der Waals surface area contributed by atoms with Crippen molar-refractivity contribution in [2.75, 3.05) is 0 Å². The topological polar surface area (TPSA) is 70.3 Å². The number of halogens is 3. The molecule has 0 aliphatic rings. The van der Waals surface area contributed by atoms with Crippen LogP contribution < -0.4 is 4.74 Å². The number of nitriles is 1. The van der Waals surface area contributed by atoms with Crippen LogP contribution in [0.3, 0.4) is 0 Å². The van der Waals surface area contributed by atoms with Gasteiger partial charge in [-0.3, -0.25) is 4.79 Å². The monoisotopic (exact) mass is 273 g/mol. The molecule has 0 radical (unpaired) electrons. The summed E-state index contributed by atoms with van der Waals surface area (Å²) in [5.74, 6) is -1.92. The SMILES string of the molecule is CCc1ccc(C#N)c(CC(=O)O)c1OC(F)(F)F. The highest BCUT2D eigenvalue weighted by Gasteiger charge is 2.34. The molecule has 0 aliphatic heterocycles. The van der Waals surface area contributed by atoms with Crippen molar-refractivity contribution in [3.8, 4) is 11.8 Å². The molecule has 1 N–H and O–H groups in total. The minimum atomic E-state index is -4.94. The highest BCUT2D eigenvalue weighted by molar-refractivity contribution is 5.73. The van der Waals surface area contributed by atoms with Gasteiger partial charge in [0.05, 0.1) is 18.1 Å². The summed E-state index contributed by atoms with van der Waals surface area (Å²) in [7, 11) is 0. The number of rotatable bonds is 4. The Morgan fingerprint density at radius 2 is 2.11 bits per heavy atom. The molecule has 1 aromatic rings. The number of nitrogens with zero attached hydrogens (tertiary/aromatic N) is 1. The second-order valence-electron chi connectivity index (χ2n) is 3.66. The first-order valence-corrected chi connectivity index (χ1v) is 5.30. The molecule has 0 amide bonds. The fourth-order valence-electron chi connectivity index (χ4n) is 1.63. The maximum absolute atomic E-state index is 12.4. The Balaban J connectivity index is 3.43. The Labute approximate surface area is 107 Å². The largest absolute Gasteiger partial charge is 0.573 e. The summed E-state index contributed by atoms with van der Waals surface area (Å²) in [5.41, 5.74) is -0.196. The maximum atomic E-state index is 12.4. The van der Waals surface area contributed by atoms with Gasteiger partial charge in [0.2, 0.25) is 0 Å². The minimum Gasteiger partial charge on any atom is -0.481 e. The van der Waals surface area contributed by atoms with Crippen LogP contribution in [0.2, 0.25) is 0 Å². The van der Waals surface area contributed by atoms with E-state index < -0.39 is 24.5 Å². The third-order valence-corrected chi connectivity index (χ3v) is 2.39. The number of aryl methyl sites for hydroxylation is 1. The fraction of sp³-hybridized carbons (Fsp3) is 0.333. The molecule has 0 bridgehead atoms. The number of aliphatic carboxylic acids is 1. The maximum Gasteiger partial charge on any atom is 0.573 e. The number of alkyl halides is 3. The van der Waals surface area contributed by atoms with Crippen LogP contribution in [-0.4, -0.2) is 17.4 Å². The summed E-state index contributed by atoms with van der Waals surface area (Å²) in [6.07, 6.45) is -5.42. The van der Waals surface area contributed by atoms with E-state index in [0.717, 1.165) is 0 Å². The van der Waals surface area contributed by atoms with Gasteiger partial charge < -0.3 is 9.84 Å². The van der Waals surface area contributed by atoms with Crippen LogP contribution in [-0.2, 0) is 17.6 Å². The van der Waals surface area contributed by atoms with Gasteiger partial charge in [0.15, 0.2) is 0 Å². The smallest absolute Gasteiger partial charge is 0.481 e. The van der Waals surface area contributed by atoms with Gasteiger partial charge in [0, 0.05) is 5.56 Å². The van der Waals surface area contributed by atoms with E-state index in [1.807, 2.05) is 0 Å². The molecule has 0 atom stereocenters. The minimum absolute atomic E-state index is 0.140. The van der Waals surface area contributed by atoms with Crippen LogP contribution in [0.1, 0.15) is 23.6 Å². The number of carboxylic acids is 1. The highest BCUT2D eigenvalue weighted by Crippen LogP contribution is 2.33. The van der Waals surface area contributed by atoms with Gasteiger partial charge in [-0.25, -0.2) is 0 Å². The molecule has 0 unspecified atom stereocenters. The van der Waals surface area contributed by atoms with Crippen molar-refractivity contribution in [1.82, 2.24) is 0 Å². The molecule has 1 aromatic carbocycles. The van der Waals surface area contributed by atoms with Crippen molar-refractivity contribution < 1.29 is 27.8 Å². The van der Waals surface area contributed by atoms with Crippen LogP contribution >= 0.6 is 0 Å². The second kappa shape index (κ2) is 5.61. The standard InChI is InChI=1S/C12H10F3NO3/c1-2-7-3-4-8(6-16)9(5-10(17)18)11(7)19-12(13,14)15/h3-4H,2,5H2,1H3,(H,17,18). The van der Waals surface area contributed by atoms with Gasteiger partial charge in [0.25, 0.3) is 0 Å². The van der Waals surface area contributed by atoms with Crippen molar-refractivity contribution in [2.45, 2.75) is 26.1 Å². The molecule has 0 aliphatic carbocycles. The van der Waals surface area contributed by atoms with E-state index >= 15 is 0 Å². The Hall–Kier alpha value is -2.23. The Bertz CT molecular complexity index is 532. The molecule has 102 valence electrons. The molecule has 0 spiro atoms. The zero-order valence-corrected chi connectivity index (χ0v) is 9.91. The van der Waals surface area contributed by atoms with Gasteiger partial charge in [-0.2, -0.15) is 5.26 Å². The van der Waals surface area contributed by atoms with E-state index in [1.54, 1.807) is 13.0 Å². The van der Waals surface area contributed by atoms with Gasteiger partial charge in [0.1, 0.15) is 5.75 Å². The Morgan fingerprint density at radius 1 is 1.47 bits per heavy atom. The predicted octanol–water partition coefficient (Wildman–Crippen LogP) is 2.65. The molecule has 0 saturated carbocycles. The van der Waals surface area contributed by atoms with Crippen molar-refractivity contribution in [1.29, 1.82) is 5.26 Å². The van der Waals surface area contributed by atoms with Crippen molar-refractivity contribution in [3.63, 3.8) is 0 Å². The summed E-state index contributed by atoms with van der Waals surface area (Å²) in [5, 5.41) is 17.6. The van der Waals surface area contributed by atoms with Gasteiger partial charge in [-0.05, 0) is 18.1 Å². The van der Waals surface area contributed by atoms with Crippen molar-refractivity contribution >= 4 is 5.97 Å². The van der Waals surface area contributed by atoms with Crippen LogP contribution in [0, 0.1) is 11.3 Å². The number of benzene rings is 1. The molecule has 7 heteroatoms. The summed E-state index contributed by atoms with van der Waals surface area (Å²) < 4.78 is 41.0. The van der Waals surface area contributed by atoms with Crippen LogP contribution in [0.4, 0.5) is 13.2 Å². The second-order valence-corrected chi connectivity index (χ2v) is 3.66. The quantitative estimate of drug-likeness (QED) is 0.915. The zero-order chi connectivity index (χ0) is 14.6. The molecule has 1 rings (SSSR count). The number of carbonyl (C=O) groups is 1. The molecule has 0 saturated heterocycles. The third-order valence-electron chi connectivity index (χ3n) is 2.39. The lowest BCUT2D eigenvalue weighted by atomic mass is 9.99. The van der Waals surface area contributed by atoms with Crippen LogP contribution in [0.25, 0.3) is 0 Å². The zero-order valence-electron chi connectivity index (χ0n) is 9.91. The summed E-state index contributed by atoms with van der Waals surface area (Å²) in [4.78, 5) is 10.7. The van der Waals surface area contributed by atoms with Gasteiger partial charge in [-0.15, -0.1) is 13.2 Å². The first-order chi connectivity index (χ1) is 8.78. The number of hydrogen-bond acceptors (Lipinski definition) is 3. The summed E-state index contributed by atoms with van der Waals surface area (Å²) in [6, 6.07) is 4.28. The van der Waals surface area contributed by atoms with Crippen LogP contribution in [0.5, 0.6) is 5.75 Å². The first-order valence-electron chi connectivity index (χ1n) is 5.30. The molecule has 0 heterocycles. The van der Waals surface area contributed by atoms with Crippen molar-refractivity contribution in [2.24, 2.45) is 0 Å². The third kappa shape index (κ3) is 3.88. The lowest BCUT2D eigenvalue weighted by Crippen LogP contribution is -2.20. The molecule has 0 aromatic heterocycles. The molecule has 0 fully saturated rings. The van der Waals surface area contributed by atoms with Crippen molar-refractivity contribution in [3.05, 3.63) is 28.8 Å². The van der Waals surface area contributed by atoms with Crippen LogP contribution in [0.15, 0.2) is 12.1 Å². The Morgan fingerprint density at radius 3 is 2.53 bits per heavy atom. The van der Waals surface area contributed by atoms with E-state index in [-0.39, 0.29) is 23.1 Å². The number of hydrogen-bond donors (Lipinski definition) is 1. The highest BCUT2D eigenvalue weighted by atomic mass is 19.4. The lowest BCUT2D eigenvalue weighted by Gasteiger charge is -2.16. The fourth-order valence-corrected chi connectivity index (χ4v) is 1.63. The summed E-state index contributed by atoms with van der Waals surface area (Å²) >= 11 is 0. The average molecular weight is 273 g/mol. The van der Waals surface area contributed by atoms with E-state index in [1.165, 1.54) is 12.1 Å². The van der Waals surface area contributed by atoms with E-state index in [4.69, 9.17) is 10.4 Å². The molecular weight excluding hydrogens is 263 g/mol. The van der Waals surface area contributed by atoms with Gasteiger partial charge in [-0.1, -0.05) is 13.0 Å². The van der Waals surface area contributed by atoms with E-state index in [9.17, 15) is 18.0 Å². The molecule has 19 heavy (non-hydrogen) atoms. The first kappa shape index (κ1) is 14.8. The Kier molecular flexibility index (Phi) is 4.38. The van der Waals surface area contributed by atoms with Gasteiger partial charge >= 0.3 is 12.3 Å². The molecular formula is C12H10F3NO3. The average Bonchev–Trinajstić information content (AvgIpc) is 2.28.